The lowest BCUT2D eigenvalue weighted by atomic mass is 9.98. The van der Waals surface area contributed by atoms with Crippen LogP contribution in [0.5, 0.6) is 5.88 Å². The second-order valence-corrected chi connectivity index (χ2v) is 11.5. The molecular formula is C28H27ClF2N6OS. The molecule has 202 valence electrons. The van der Waals surface area contributed by atoms with Crippen LogP contribution in [0.3, 0.4) is 0 Å². The maximum absolute atomic E-state index is 16.6. The maximum Gasteiger partial charge on any atom is 0.270 e. The van der Waals surface area contributed by atoms with Crippen molar-refractivity contribution in [3.63, 3.8) is 0 Å². The number of fused-ring (bicyclic) bond motifs is 2. The van der Waals surface area contributed by atoms with Crippen LogP contribution in [0, 0.1) is 29.3 Å². The number of benzene rings is 2. The molecule has 4 heterocycles. The number of likely N-dealkylation sites (N-methyl/N-ethyl adjacent to an activating group) is 1. The predicted molar refractivity (Wildman–Crippen MR) is 151 cm³/mol. The van der Waals surface area contributed by atoms with E-state index in [1.54, 1.807) is 18.2 Å². The monoisotopic (exact) mass is 568 g/mol. The van der Waals surface area contributed by atoms with Crippen LogP contribution in [-0.2, 0) is 0 Å². The Labute approximate surface area is 234 Å². The summed E-state index contributed by atoms with van der Waals surface area (Å²) in [7, 11) is 2.05. The minimum absolute atomic E-state index is 0.0566. The Morgan fingerprint density at radius 3 is 2.72 bits per heavy atom. The SMILES string of the molecule is Cc1ccc(-c2c(Cl)cc3c(N4CCNCC4)c(C#N)c(OC[C@@H]4CCCN4C)nc3c2F)c2nc(F)sc12. The normalized spacial score (nSPS) is 18.3. The van der Waals surface area contributed by atoms with E-state index in [9.17, 15) is 9.65 Å². The molecule has 0 aliphatic carbocycles. The first-order valence-electron chi connectivity index (χ1n) is 13.0. The Morgan fingerprint density at radius 1 is 1.21 bits per heavy atom. The van der Waals surface area contributed by atoms with Gasteiger partial charge in [-0.1, -0.05) is 35.1 Å². The van der Waals surface area contributed by atoms with Crippen LogP contribution in [-0.4, -0.2) is 67.3 Å². The van der Waals surface area contributed by atoms with Gasteiger partial charge in [-0.05, 0) is 45.0 Å². The molecule has 0 amide bonds. The molecule has 2 saturated heterocycles. The highest BCUT2D eigenvalue weighted by atomic mass is 35.5. The number of anilines is 1. The molecule has 4 aromatic rings. The van der Waals surface area contributed by atoms with Crippen LogP contribution >= 0.6 is 22.9 Å². The van der Waals surface area contributed by atoms with Gasteiger partial charge in [-0.2, -0.15) is 9.65 Å². The Kier molecular flexibility index (Phi) is 7.02. The molecule has 1 atom stereocenters. The fourth-order valence-corrected chi connectivity index (χ4v) is 6.72. The summed E-state index contributed by atoms with van der Waals surface area (Å²) in [6.45, 7) is 5.91. The number of piperazine rings is 1. The van der Waals surface area contributed by atoms with Gasteiger partial charge in [0.1, 0.15) is 23.8 Å². The molecule has 2 fully saturated rings. The first-order valence-corrected chi connectivity index (χ1v) is 14.2. The van der Waals surface area contributed by atoms with E-state index < -0.39 is 11.1 Å². The number of pyridine rings is 1. The average molecular weight is 569 g/mol. The highest BCUT2D eigenvalue weighted by molar-refractivity contribution is 7.17. The molecule has 6 rings (SSSR count). The molecule has 0 radical (unpaired) electrons. The van der Waals surface area contributed by atoms with E-state index in [0.717, 1.165) is 49.4 Å². The van der Waals surface area contributed by atoms with Crippen LogP contribution in [0.25, 0.3) is 32.2 Å². The number of hydrogen-bond donors (Lipinski definition) is 1. The van der Waals surface area contributed by atoms with Crippen LogP contribution < -0.4 is 15.0 Å². The molecule has 39 heavy (non-hydrogen) atoms. The highest BCUT2D eigenvalue weighted by Crippen LogP contribution is 2.44. The van der Waals surface area contributed by atoms with Crippen molar-refractivity contribution in [3.05, 3.63) is 45.4 Å². The fraction of sp³-hybridized carbons (Fsp3) is 0.393. The third kappa shape index (κ3) is 4.57. The van der Waals surface area contributed by atoms with Gasteiger partial charge in [0, 0.05) is 48.7 Å². The van der Waals surface area contributed by atoms with Crippen molar-refractivity contribution >= 4 is 49.7 Å². The van der Waals surface area contributed by atoms with E-state index in [4.69, 9.17) is 16.3 Å². The van der Waals surface area contributed by atoms with E-state index >= 15 is 4.39 Å². The number of hydrogen-bond acceptors (Lipinski definition) is 8. The molecule has 11 heteroatoms. The van der Waals surface area contributed by atoms with Crippen LogP contribution in [0.4, 0.5) is 14.5 Å². The lowest BCUT2D eigenvalue weighted by Crippen LogP contribution is -2.44. The minimum atomic E-state index is -0.653. The molecule has 2 aromatic carbocycles. The van der Waals surface area contributed by atoms with Crippen molar-refractivity contribution < 1.29 is 13.5 Å². The number of aryl methyl sites for hydroxylation is 1. The summed E-state index contributed by atoms with van der Waals surface area (Å²) in [6, 6.07) is 7.65. The van der Waals surface area contributed by atoms with Crippen molar-refractivity contribution in [3.8, 4) is 23.1 Å². The van der Waals surface area contributed by atoms with E-state index in [-0.39, 0.29) is 33.6 Å². The number of nitriles is 1. The Bertz CT molecular complexity index is 1630. The number of nitrogens with zero attached hydrogens (tertiary/aromatic N) is 5. The molecule has 0 saturated carbocycles. The number of thiazole rings is 1. The number of aromatic nitrogens is 2. The summed E-state index contributed by atoms with van der Waals surface area (Å²) in [5.41, 5.74) is 2.59. The summed E-state index contributed by atoms with van der Waals surface area (Å²) in [6.07, 6.45) is 2.06. The van der Waals surface area contributed by atoms with Crippen LogP contribution in [0.2, 0.25) is 5.02 Å². The first-order chi connectivity index (χ1) is 18.9. The summed E-state index contributed by atoms with van der Waals surface area (Å²) in [4.78, 5) is 12.9. The second-order valence-electron chi connectivity index (χ2n) is 10.1. The summed E-state index contributed by atoms with van der Waals surface area (Å²) in [5.74, 6) is -0.542. The van der Waals surface area contributed by atoms with Crippen LogP contribution in [0.15, 0.2) is 18.2 Å². The highest BCUT2D eigenvalue weighted by Gasteiger charge is 2.29. The molecule has 2 aliphatic heterocycles. The maximum atomic E-state index is 16.6. The molecule has 1 N–H and O–H groups in total. The third-order valence-corrected chi connectivity index (χ3v) is 9.00. The summed E-state index contributed by atoms with van der Waals surface area (Å²) < 4.78 is 37.6. The van der Waals surface area contributed by atoms with E-state index in [1.165, 1.54) is 0 Å². The zero-order valence-corrected chi connectivity index (χ0v) is 23.2. The second kappa shape index (κ2) is 10.5. The molecule has 0 spiro atoms. The van der Waals surface area contributed by atoms with Gasteiger partial charge in [0.05, 0.1) is 20.9 Å². The fourth-order valence-electron chi connectivity index (χ4n) is 5.63. The van der Waals surface area contributed by atoms with Gasteiger partial charge in [-0.25, -0.2) is 14.4 Å². The topological polar surface area (TPSA) is 77.3 Å². The van der Waals surface area contributed by atoms with Crippen molar-refractivity contribution in [2.75, 3.05) is 51.3 Å². The van der Waals surface area contributed by atoms with Crippen molar-refractivity contribution in [1.82, 2.24) is 20.2 Å². The van der Waals surface area contributed by atoms with Crippen molar-refractivity contribution in [2.24, 2.45) is 0 Å². The lowest BCUT2D eigenvalue weighted by molar-refractivity contribution is 0.193. The zero-order valence-electron chi connectivity index (χ0n) is 21.7. The summed E-state index contributed by atoms with van der Waals surface area (Å²) >= 11 is 7.68. The van der Waals surface area contributed by atoms with Crippen LogP contribution in [0.1, 0.15) is 24.0 Å². The Morgan fingerprint density at radius 2 is 2.00 bits per heavy atom. The molecular weight excluding hydrogens is 542 g/mol. The number of ether oxygens (including phenoxy) is 1. The van der Waals surface area contributed by atoms with Crippen molar-refractivity contribution in [2.45, 2.75) is 25.8 Å². The summed E-state index contributed by atoms with van der Waals surface area (Å²) in [5, 5.41) is 13.6. The van der Waals surface area contributed by atoms with Gasteiger partial charge >= 0.3 is 0 Å². The zero-order chi connectivity index (χ0) is 27.3. The third-order valence-electron chi connectivity index (χ3n) is 7.72. The van der Waals surface area contributed by atoms with Gasteiger partial charge in [-0.3, -0.25) is 0 Å². The van der Waals surface area contributed by atoms with Gasteiger partial charge in [0.2, 0.25) is 5.88 Å². The molecule has 2 aromatic heterocycles. The first kappa shape index (κ1) is 26.1. The lowest BCUT2D eigenvalue weighted by Gasteiger charge is -2.32. The molecule has 0 unspecified atom stereocenters. The number of rotatable bonds is 5. The number of likely N-dealkylation sites (tertiary alicyclic amines) is 1. The standard InChI is InChI=1S/C28H27ClF2N6OS/c1-15-5-6-17(24-26(15)39-28(31)35-24)21-20(29)12-18-23(22(21)30)34-27(38-14-16-4-3-9-36(16)2)19(13-32)25(18)37-10-7-33-8-11-37/h5-6,12,16,33H,3-4,7-11,14H2,1-2H3/t16-/m0/s1. The predicted octanol–water partition coefficient (Wildman–Crippen LogP) is 5.51. The van der Waals surface area contributed by atoms with E-state index in [2.05, 4.69) is 31.2 Å². The smallest absolute Gasteiger partial charge is 0.270 e. The molecule has 7 nitrogen and oxygen atoms in total. The Hall–Kier alpha value is -3.10. The number of halogens is 3. The Balaban J connectivity index is 1.57. The van der Waals surface area contributed by atoms with Gasteiger partial charge < -0.3 is 19.9 Å². The van der Waals surface area contributed by atoms with Gasteiger partial charge in [-0.15, -0.1) is 0 Å². The van der Waals surface area contributed by atoms with Gasteiger partial charge in [0.25, 0.3) is 5.26 Å². The van der Waals surface area contributed by atoms with Gasteiger partial charge in [0.15, 0.2) is 5.82 Å². The minimum Gasteiger partial charge on any atom is -0.475 e. The molecule has 0 bridgehead atoms. The largest absolute Gasteiger partial charge is 0.475 e. The van der Waals surface area contributed by atoms with E-state index in [0.29, 0.717) is 46.6 Å². The van der Waals surface area contributed by atoms with Crippen molar-refractivity contribution in [1.29, 1.82) is 5.26 Å². The van der Waals surface area contributed by atoms with E-state index in [1.807, 2.05) is 14.0 Å². The quantitative estimate of drug-likeness (QED) is 0.340. The number of nitrogens with one attached hydrogen (secondary N) is 1. The average Bonchev–Trinajstić information content (AvgIpc) is 3.53. The molecule has 2 aliphatic rings.